The van der Waals surface area contributed by atoms with E-state index >= 15 is 0 Å². The summed E-state index contributed by atoms with van der Waals surface area (Å²) in [6, 6.07) is 11.4. The van der Waals surface area contributed by atoms with Crippen molar-refractivity contribution in [2.45, 2.75) is 36.5 Å². The first-order valence-electron chi connectivity index (χ1n) is 9.85. The maximum atomic E-state index is 13.2. The van der Waals surface area contributed by atoms with Gasteiger partial charge in [-0.1, -0.05) is 12.1 Å². The lowest BCUT2D eigenvalue weighted by atomic mass is 10.1. The maximum Gasteiger partial charge on any atom is 0.243 e. The van der Waals surface area contributed by atoms with Crippen LogP contribution in [0.15, 0.2) is 59.8 Å². The van der Waals surface area contributed by atoms with Crippen LogP contribution in [0.2, 0.25) is 0 Å². The van der Waals surface area contributed by atoms with E-state index in [-0.39, 0.29) is 24.1 Å². The van der Waals surface area contributed by atoms with Crippen LogP contribution in [0.25, 0.3) is 0 Å². The van der Waals surface area contributed by atoms with Crippen LogP contribution in [0.5, 0.6) is 5.75 Å². The fourth-order valence-corrected chi connectivity index (χ4v) is 4.90. The Kier molecular flexibility index (Phi) is 6.03. The zero-order valence-electron chi connectivity index (χ0n) is 16.9. The summed E-state index contributed by atoms with van der Waals surface area (Å²) in [6.07, 6.45) is 1.87. The van der Waals surface area contributed by atoms with Gasteiger partial charge >= 0.3 is 0 Å². The summed E-state index contributed by atoms with van der Waals surface area (Å²) in [7, 11) is -2.06. The number of hydrogen-bond donors (Lipinski definition) is 1. The molecule has 1 aliphatic rings. The van der Waals surface area contributed by atoms with E-state index in [9.17, 15) is 17.9 Å². The highest BCUT2D eigenvalue weighted by Gasteiger charge is 2.39. The van der Waals surface area contributed by atoms with Crippen LogP contribution in [0.3, 0.4) is 0 Å². The number of halogens is 1. The molecule has 1 aromatic heterocycles. The van der Waals surface area contributed by atoms with Crippen LogP contribution in [-0.4, -0.2) is 45.2 Å². The molecule has 8 nitrogen and oxygen atoms in total. The summed E-state index contributed by atoms with van der Waals surface area (Å²) in [5, 5.41) is 14.5. The molecular weight excluding hydrogens is 423 g/mol. The molecular formula is C21H23FN4O4S. The largest absolute Gasteiger partial charge is 0.486 e. The second-order valence-electron chi connectivity index (χ2n) is 7.43. The van der Waals surface area contributed by atoms with E-state index in [2.05, 4.69) is 10.1 Å². The highest BCUT2D eigenvalue weighted by molar-refractivity contribution is 7.89. The van der Waals surface area contributed by atoms with Gasteiger partial charge in [-0.15, -0.1) is 0 Å². The zero-order valence-corrected chi connectivity index (χ0v) is 17.7. The summed E-state index contributed by atoms with van der Waals surface area (Å²) in [4.78, 5) is 4.20. The van der Waals surface area contributed by atoms with E-state index in [1.54, 1.807) is 23.9 Å². The van der Waals surface area contributed by atoms with Crippen LogP contribution < -0.4 is 4.74 Å². The molecule has 1 N–H and O–H groups in total. The SMILES string of the molecule is Cn1ncnc1COc1ccc(S(=O)(=O)N(CC(O)c2ccc(F)cc2)C2CC2)cc1. The third kappa shape index (κ3) is 4.92. The van der Waals surface area contributed by atoms with Gasteiger partial charge in [0.1, 0.15) is 24.5 Å². The lowest BCUT2D eigenvalue weighted by molar-refractivity contribution is 0.145. The predicted molar refractivity (Wildman–Crippen MR) is 110 cm³/mol. The van der Waals surface area contributed by atoms with Gasteiger partial charge in [-0.25, -0.2) is 17.8 Å². The minimum absolute atomic E-state index is 0.0942. The van der Waals surface area contributed by atoms with Crippen molar-refractivity contribution in [2.24, 2.45) is 7.05 Å². The Morgan fingerprint density at radius 3 is 2.45 bits per heavy atom. The molecule has 1 saturated carbocycles. The summed E-state index contributed by atoms with van der Waals surface area (Å²) in [5.74, 6) is 0.738. The number of ether oxygens (including phenoxy) is 1. The average Bonchev–Trinajstić information content (AvgIpc) is 3.52. The van der Waals surface area contributed by atoms with E-state index in [0.717, 1.165) is 12.8 Å². The highest BCUT2D eigenvalue weighted by atomic mass is 32.2. The van der Waals surface area contributed by atoms with Gasteiger partial charge in [-0.3, -0.25) is 4.68 Å². The van der Waals surface area contributed by atoms with Gasteiger partial charge in [0, 0.05) is 19.6 Å². The number of aliphatic hydroxyl groups is 1. The molecule has 1 aliphatic carbocycles. The third-order valence-corrected chi connectivity index (χ3v) is 7.10. The molecule has 2 aromatic carbocycles. The quantitative estimate of drug-likeness (QED) is 0.542. The molecule has 1 unspecified atom stereocenters. The van der Waals surface area contributed by atoms with E-state index in [4.69, 9.17) is 4.74 Å². The molecule has 0 aliphatic heterocycles. The van der Waals surface area contributed by atoms with Crippen molar-refractivity contribution in [3.63, 3.8) is 0 Å². The molecule has 0 bridgehead atoms. The van der Waals surface area contributed by atoms with Crippen LogP contribution in [-0.2, 0) is 23.7 Å². The monoisotopic (exact) mass is 446 g/mol. The van der Waals surface area contributed by atoms with Gasteiger partial charge in [0.15, 0.2) is 5.82 Å². The molecule has 0 amide bonds. The van der Waals surface area contributed by atoms with Crippen LogP contribution in [0.4, 0.5) is 4.39 Å². The van der Waals surface area contributed by atoms with Crippen molar-refractivity contribution >= 4 is 10.0 Å². The molecule has 1 fully saturated rings. The molecule has 1 atom stereocenters. The van der Waals surface area contributed by atoms with Gasteiger partial charge in [-0.2, -0.15) is 9.40 Å². The summed E-state index contributed by atoms with van der Waals surface area (Å²) >= 11 is 0. The minimum Gasteiger partial charge on any atom is -0.486 e. The standard InChI is InChI=1S/C21H23FN4O4S/c1-25-21(23-14-24-25)13-30-18-8-10-19(11-9-18)31(28,29)26(17-6-7-17)12-20(27)15-2-4-16(22)5-3-15/h2-5,8-11,14,17,20,27H,6-7,12-13H2,1H3. The molecule has 1 heterocycles. The summed E-state index contributed by atoms with van der Waals surface area (Å²) in [6.45, 7) is 0.115. The Hall–Kier alpha value is -2.82. The molecule has 4 rings (SSSR count). The van der Waals surface area contributed by atoms with Crippen molar-refractivity contribution in [1.82, 2.24) is 19.1 Å². The molecule has 0 radical (unpaired) electrons. The van der Waals surface area contributed by atoms with Gasteiger partial charge in [0.2, 0.25) is 10.0 Å². The first-order valence-corrected chi connectivity index (χ1v) is 11.3. The van der Waals surface area contributed by atoms with E-state index in [0.29, 0.717) is 17.1 Å². The molecule has 31 heavy (non-hydrogen) atoms. The van der Waals surface area contributed by atoms with E-state index in [1.807, 2.05) is 0 Å². The smallest absolute Gasteiger partial charge is 0.243 e. The Bertz CT molecular complexity index is 1130. The molecule has 0 saturated heterocycles. The molecule has 10 heteroatoms. The van der Waals surface area contributed by atoms with Crippen molar-refractivity contribution in [1.29, 1.82) is 0 Å². The average molecular weight is 447 g/mol. The number of benzene rings is 2. The number of rotatable bonds is 9. The second-order valence-corrected chi connectivity index (χ2v) is 9.32. The Labute approximate surface area is 180 Å². The van der Waals surface area contributed by atoms with E-state index < -0.39 is 21.9 Å². The van der Waals surface area contributed by atoms with Gasteiger partial charge in [0.05, 0.1) is 11.0 Å². The Morgan fingerprint density at radius 1 is 1.19 bits per heavy atom. The molecule has 3 aromatic rings. The van der Waals surface area contributed by atoms with Gasteiger partial charge < -0.3 is 9.84 Å². The van der Waals surface area contributed by atoms with Crippen LogP contribution >= 0.6 is 0 Å². The van der Waals surface area contributed by atoms with Gasteiger partial charge in [-0.05, 0) is 54.8 Å². The van der Waals surface area contributed by atoms with Crippen molar-refractivity contribution in [3.05, 3.63) is 72.1 Å². The first kappa shape index (κ1) is 21.4. The van der Waals surface area contributed by atoms with Gasteiger partial charge in [0.25, 0.3) is 0 Å². The summed E-state index contributed by atoms with van der Waals surface area (Å²) in [5.41, 5.74) is 0.467. The number of aryl methyl sites for hydroxylation is 1. The fourth-order valence-electron chi connectivity index (χ4n) is 3.21. The molecule has 0 spiro atoms. The lowest BCUT2D eigenvalue weighted by Crippen LogP contribution is -2.36. The predicted octanol–water partition coefficient (Wildman–Crippen LogP) is 2.42. The van der Waals surface area contributed by atoms with Crippen LogP contribution in [0.1, 0.15) is 30.3 Å². The normalized spacial score (nSPS) is 15.2. The number of nitrogens with zero attached hydrogens (tertiary/aromatic N) is 4. The first-order chi connectivity index (χ1) is 14.8. The zero-order chi connectivity index (χ0) is 22.0. The number of aliphatic hydroxyl groups excluding tert-OH is 1. The number of sulfonamides is 1. The lowest BCUT2D eigenvalue weighted by Gasteiger charge is -2.25. The fraction of sp³-hybridized carbons (Fsp3) is 0.333. The molecule has 164 valence electrons. The van der Waals surface area contributed by atoms with Crippen molar-refractivity contribution in [3.8, 4) is 5.75 Å². The number of hydrogen-bond acceptors (Lipinski definition) is 6. The summed E-state index contributed by atoms with van der Waals surface area (Å²) < 4.78 is 48.2. The number of aromatic nitrogens is 3. The van der Waals surface area contributed by atoms with Crippen molar-refractivity contribution < 1.29 is 22.7 Å². The topological polar surface area (TPSA) is 97.5 Å². The second kappa shape index (κ2) is 8.74. The highest BCUT2D eigenvalue weighted by Crippen LogP contribution is 2.34. The third-order valence-electron chi connectivity index (χ3n) is 5.17. The van der Waals surface area contributed by atoms with E-state index in [1.165, 1.54) is 47.0 Å². The van der Waals surface area contributed by atoms with Crippen molar-refractivity contribution in [2.75, 3.05) is 6.54 Å². The van der Waals surface area contributed by atoms with Crippen LogP contribution in [0, 0.1) is 5.82 Å². The minimum atomic E-state index is -3.81. The Morgan fingerprint density at radius 2 is 1.87 bits per heavy atom. The Balaban J connectivity index is 1.47. The maximum absolute atomic E-state index is 13.2.